The Balaban J connectivity index is 2.10. The number of benzene rings is 2. The summed E-state index contributed by atoms with van der Waals surface area (Å²) < 4.78 is 5.31. The summed E-state index contributed by atoms with van der Waals surface area (Å²) in [5, 5.41) is 0. The Morgan fingerprint density at radius 2 is 1.59 bits per heavy atom. The van der Waals surface area contributed by atoms with Crippen molar-refractivity contribution in [2.24, 2.45) is 0 Å². The summed E-state index contributed by atoms with van der Waals surface area (Å²) in [7, 11) is 0. The smallest absolute Gasteiger partial charge is 0.338 e. The third-order valence-electron chi connectivity index (χ3n) is 5.77. The van der Waals surface area contributed by atoms with Gasteiger partial charge in [0.25, 0.3) is 0 Å². The molecule has 0 N–H and O–H groups in total. The Morgan fingerprint density at radius 1 is 0.963 bits per heavy atom. The molecule has 0 aromatic heterocycles. The fourth-order valence-electron chi connectivity index (χ4n) is 3.95. The van der Waals surface area contributed by atoms with Crippen LogP contribution in [-0.2, 0) is 20.4 Å². The normalized spacial score (nSPS) is 17.9. The molecule has 0 bridgehead atoms. The first-order valence-corrected chi connectivity index (χ1v) is 9.84. The van der Waals surface area contributed by atoms with E-state index in [0.29, 0.717) is 12.2 Å². The van der Waals surface area contributed by atoms with E-state index in [0.717, 1.165) is 11.1 Å². The minimum absolute atomic E-state index is 0.144. The molecule has 0 heterocycles. The van der Waals surface area contributed by atoms with Gasteiger partial charge in [-0.3, -0.25) is 0 Å². The minimum atomic E-state index is -0.277. The second kappa shape index (κ2) is 7.34. The van der Waals surface area contributed by atoms with E-state index < -0.39 is 0 Å². The number of hydrogen-bond donors (Lipinski definition) is 0. The van der Waals surface area contributed by atoms with Crippen molar-refractivity contribution in [1.29, 1.82) is 0 Å². The zero-order chi connectivity index (χ0) is 19.7. The highest BCUT2D eigenvalue weighted by molar-refractivity contribution is 6.21. The molecule has 2 nitrogen and oxygen atoms in total. The van der Waals surface area contributed by atoms with Crippen LogP contribution in [0.1, 0.15) is 69.7 Å². The van der Waals surface area contributed by atoms with E-state index in [1.54, 1.807) is 0 Å². The molecule has 0 fully saturated rings. The maximum atomic E-state index is 12.6. The second-order valence-electron chi connectivity index (χ2n) is 8.72. The first kappa shape index (κ1) is 19.4. The number of carbonyl (C=O) groups excluding carboxylic acids is 1. The molecule has 142 valence electrons. The van der Waals surface area contributed by atoms with Crippen molar-refractivity contribution in [1.82, 2.24) is 0 Å². The van der Waals surface area contributed by atoms with Gasteiger partial charge in [-0.25, -0.2) is 4.79 Å². The van der Waals surface area contributed by atoms with Crippen molar-refractivity contribution in [2.75, 3.05) is 6.61 Å². The number of esters is 1. The van der Waals surface area contributed by atoms with E-state index in [9.17, 15) is 4.79 Å². The van der Waals surface area contributed by atoms with Crippen LogP contribution in [0.2, 0.25) is 0 Å². The molecule has 2 aromatic carbocycles. The van der Waals surface area contributed by atoms with Crippen LogP contribution in [0, 0.1) is 0 Å². The number of ether oxygens (including phenoxy) is 1. The molecular formula is C25H30O2. The first-order valence-electron chi connectivity index (χ1n) is 9.84. The van der Waals surface area contributed by atoms with Crippen LogP contribution in [0.15, 0.2) is 48.5 Å². The topological polar surface area (TPSA) is 26.3 Å². The van der Waals surface area contributed by atoms with E-state index in [2.05, 4.69) is 45.9 Å². The van der Waals surface area contributed by atoms with Crippen LogP contribution >= 0.6 is 0 Å². The Kier molecular flexibility index (Phi) is 5.28. The van der Waals surface area contributed by atoms with Gasteiger partial charge in [-0.1, -0.05) is 76.2 Å². The van der Waals surface area contributed by atoms with Crippen LogP contribution in [0.4, 0.5) is 0 Å². The number of carbonyl (C=O) groups is 1. The monoisotopic (exact) mass is 362 g/mol. The third-order valence-corrected chi connectivity index (χ3v) is 5.77. The van der Waals surface area contributed by atoms with Gasteiger partial charge in [0.05, 0.1) is 12.2 Å². The molecule has 0 amide bonds. The van der Waals surface area contributed by atoms with Gasteiger partial charge < -0.3 is 4.74 Å². The van der Waals surface area contributed by atoms with Crippen molar-refractivity contribution < 1.29 is 9.53 Å². The number of fused-ring (bicyclic) bond motifs is 1. The van der Waals surface area contributed by atoms with Crippen LogP contribution < -0.4 is 0 Å². The molecule has 0 aliphatic heterocycles. The highest BCUT2D eigenvalue weighted by Crippen LogP contribution is 2.46. The van der Waals surface area contributed by atoms with Crippen molar-refractivity contribution in [3.63, 3.8) is 0 Å². The van der Waals surface area contributed by atoms with Gasteiger partial charge in [-0.05, 0) is 58.9 Å². The van der Waals surface area contributed by atoms with E-state index in [1.165, 1.54) is 24.0 Å². The lowest BCUT2D eigenvalue weighted by atomic mass is 9.63. The number of hydrogen-bond acceptors (Lipinski definition) is 2. The lowest BCUT2D eigenvalue weighted by molar-refractivity contribution is -0.136. The quantitative estimate of drug-likeness (QED) is 0.371. The molecule has 1 aliphatic carbocycles. The molecule has 0 atom stereocenters. The van der Waals surface area contributed by atoms with E-state index in [4.69, 9.17) is 4.74 Å². The summed E-state index contributed by atoms with van der Waals surface area (Å²) in [5.74, 6) is -0.277. The van der Waals surface area contributed by atoms with E-state index in [1.807, 2.05) is 43.3 Å². The van der Waals surface area contributed by atoms with Gasteiger partial charge in [0.2, 0.25) is 0 Å². The Morgan fingerprint density at radius 3 is 2.22 bits per heavy atom. The summed E-state index contributed by atoms with van der Waals surface area (Å²) in [6, 6.07) is 16.4. The lowest BCUT2D eigenvalue weighted by Gasteiger charge is -2.42. The molecule has 3 rings (SSSR count). The second-order valence-corrected chi connectivity index (χ2v) is 8.72. The van der Waals surface area contributed by atoms with Crippen LogP contribution in [-0.4, -0.2) is 12.6 Å². The molecule has 0 saturated carbocycles. The highest BCUT2D eigenvalue weighted by Gasteiger charge is 2.36. The first-order chi connectivity index (χ1) is 12.7. The lowest BCUT2D eigenvalue weighted by Crippen LogP contribution is -2.33. The molecule has 2 aromatic rings. The van der Waals surface area contributed by atoms with Crippen molar-refractivity contribution in [3.8, 4) is 0 Å². The predicted molar refractivity (Wildman–Crippen MR) is 113 cm³/mol. The maximum Gasteiger partial charge on any atom is 0.338 e. The molecular weight excluding hydrogens is 332 g/mol. The predicted octanol–water partition coefficient (Wildman–Crippen LogP) is 6.14. The molecule has 0 saturated heterocycles. The van der Waals surface area contributed by atoms with Gasteiger partial charge in [-0.2, -0.15) is 0 Å². The summed E-state index contributed by atoms with van der Waals surface area (Å²) in [4.78, 5) is 12.6. The van der Waals surface area contributed by atoms with Gasteiger partial charge in [0.15, 0.2) is 0 Å². The van der Waals surface area contributed by atoms with E-state index in [-0.39, 0.29) is 16.8 Å². The minimum Gasteiger partial charge on any atom is -0.462 e. The fraction of sp³-hybridized carbons (Fsp3) is 0.400. The molecule has 0 spiro atoms. The Hall–Kier alpha value is -2.35. The fourth-order valence-corrected chi connectivity index (χ4v) is 3.95. The summed E-state index contributed by atoms with van der Waals surface area (Å²) >= 11 is 0. The van der Waals surface area contributed by atoms with Crippen LogP contribution in [0.5, 0.6) is 0 Å². The molecule has 1 aliphatic rings. The van der Waals surface area contributed by atoms with Crippen molar-refractivity contribution in [2.45, 2.75) is 58.3 Å². The largest absolute Gasteiger partial charge is 0.462 e. The standard InChI is InChI=1S/C25H30O2/c1-6-27-23(26)20(19-10-8-7-9-11-19)16-18-12-13-21-22(17-18)25(4,5)15-14-24(21,2)3/h7-13,16-17H,6,14-15H2,1-5H3. The molecule has 2 heteroatoms. The van der Waals surface area contributed by atoms with Crippen molar-refractivity contribution in [3.05, 3.63) is 70.8 Å². The van der Waals surface area contributed by atoms with Crippen LogP contribution in [0.25, 0.3) is 11.6 Å². The maximum absolute atomic E-state index is 12.6. The zero-order valence-electron chi connectivity index (χ0n) is 17.1. The van der Waals surface area contributed by atoms with Gasteiger partial charge in [0.1, 0.15) is 0 Å². The molecule has 27 heavy (non-hydrogen) atoms. The Labute approximate surface area is 163 Å². The zero-order valence-corrected chi connectivity index (χ0v) is 17.1. The summed E-state index contributed by atoms with van der Waals surface area (Å²) in [5.41, 5.74) is 5.68. The Bertz CT molecular complexity index is 857. The van der Waals surface area contributed by atoms with Crippen LogP contribution in [0.3, 0.4) is 0 Å². The molecule has 0 unspecified atom stereocenters. The average molecular weight is 363 g/mol. The number of rotatable bonds is 4. The highest BCUT2D eigenvalue weighted by atomic mass is 16.5. The molecule has 0 radical (unpaired) electrons. The van der Waals surface area contributed by atoms with Gasteiger partial charge >= 0.3 is 5.97 Å². The average Bonchev–Trinajstić information content (AvgIpc) is 2.64. The van der Waals surface area contributed by atoms with Crippen molar-refractivity contribution >= 4 is 17.6 Å². The SMILES string of the molecule is CCOC(=O)C(=Cc1ccc2c(c1)C(C)(C)CCC2(C)C)c1ccccc1. The summed E-state index contributed by atoms with van der Waals surface area (Å²) in [6.45, 7) is 11.5. The van der Waals surface area contributed by atoms with Gasteiger partial charge in [0, 0.05) is 0 Å². The van der Waals surface area contributed by atoms with E-state index >= 15 is 0 Å². The third kappa shape index (κ3) is 4.00. The van der Waals surface area contributed by atoms with Gasteiger partial charge in [-0.15, -0.1) is 0 Å². The summed E-state index contributed by atoms with van der Waals surface area (Å²) in [6.07, 6.45) is 4.33.